The maximum absolute atomic E-state index is 12.6. The van der Waals surface area contributed by atoms with Crippen molar-refractivity contribution in [3.05, 3.63) is 28.8 Å². The molecule has 1 heterocycles. The van der Waals surface area contributed by atoms with Crippen molar-refractivity contribution in [1.29, 1.82) is 0 Å². The maximum Gasteiger partial charge on any atom is 0.256 e. The highest BCUT2D eigenvalue weighted by Gasteiger charge is 2.22. The van der Waals surface area contributed by atoms with Gasteiger partial charge in [0.25, 0.3) is 5.91 Å². The lowest BCUT2D eigenvalue weighted by atomic mass is 10.1. The van der Waals surface area contributed by atoms with Gasteiger partial charge in [0.05, 0.1) is 11.3 Å². The van der Waals surface area contributed by atoms with Gasteiger partial charge in [-0.1, -0.05) is 11.6 Å². The van der Waals surface area contributed by atoms with E-state index >= 15 is 0 Å². The number of rotatable bonds is 6. The Labute approximate surface area is 148 Å². The Bertz CT molecular complexity index is 546. The summed E-state index contributed by atoms with van der Waals surface area (Å²) in [6.45, 7) is 2.31. The fourth-order valence-electron chi connectivity index (χ4n) is 2.53. The van der Waals surface area contributed by atoms with Gasteiger partial charge in [0.15, 0.2) is 0 Å². The van der Waals surface area contributed by atoms with Crippen LogP contribution >= 0.6 is 24.0 Å². The summed E-state index contributed by atoms with van der Waals surface area (Å²) in [6, 6.07) is 5.01. The molecule has 0 aromatic heterocycles. The van der Waals surface area contributed by atoms with Gasteiger partial charge in [-0.15, -0.1) is 12.4 Å². The molecule has 128 valence electrons. The van der Waals surface area contributed by atoms with Gasteiger partial charge in [-0.05, 0) is 51.1 Å². The third-order valence-corrected chi connectivity index (χ3v) is 3.95. The number of nitrogens with zero attached hydrogens (tertiary/aromatic N) is 1. The molecule has 0 saturated carbocycles. The van der Waals surface area contributed by atoms with E-state index in [9.17, 15) is 9.59 Å². The summed E-state index contributed by atoms with van der Waals surface area (Å²) in [6.07, 6.45) is 3.22. The molecule has 0 atom stereocenters. The van der Waals surface area contributed by atoms with Gasteiger partial charge in [-0.3, -0.25) is 9.59 Å². The summed E-state index contributed by atoms with van der Waals surface area (Å²) in [7, 11) is 1.85. The Morgan fingerprint density at radius 3 is 2.61 bits per heavy atom. The number of anilines is 1. The van der Waals surface area contributed by atoms with Crippen LogP contribution in [-0.4, -0.2) is 43.4 Å². The smallest absolute Gasteiger partial charge is 0.256 e. The van der Waals surface area contributed by atoms with Crippen LogP contribution in [0.1, 0.15) is 36.0 Å². The molecule has 2 N–H and O–H groups in total. The fraction of sp³-hybridized carbons (Fsp3) is 0.500. The van der Waals surface area contributed by atoms with Crippen LogP contribution < -0.4 is 10.6 Å². The molecule has 0 bridgehead atoms. The van der Waals surface area contributed by atoms with Crippen LogP contribution in [0, 0.1) is 0 Å². The molecule has 23 heavy (non-hydrogen) atoms. The standard InChI is InChI=1S/C16H22ClN3O2.ClH/c1-18-8-4-5-15(21)19-14-7-6-12(17)11-13(14)16(22)20-9-2-3-10-20;/h6-7,11,18H,2-5,8-10H2,1H3,(H,19,21);1H. The molecule has 1 aliphatic rings. The SMILES string of the molecule is CNCCCC(=O)Nc1ccc(Cl)cc1C(=O)N1CCCC1.Cl. The van der Waals surface area contributed by atoms with Crippen molar-refractivity contribution in [2.45, 2.75) is 25.7 Å². The summed E-state index contributed by atoms with van der Waals surface area (Å²) < 4.78 is 0. The second-order valence-electron chi connectivity index (χ2n) is 5.44. The highest BCUT2D eigenvalue weighted by Crippen LogP contribution is 2.24. The Kier molecular flexibility index (Phi) is 8.37. The third kappa shape index (κ3) is 5.68. The maximum atomic E-state index is 12.6. The van der Waals surface area contributed by atoms with Gasteiger partial charge in [0, 0.05) is 24.5 Å². The minimum Gasteiger partial charge on any atom is -0.339 e. The normalized spacial score (nSPS) is 13.6. The van der Waals surface area contributed by atoms with E-state index in [4.69, 9.17) is 11.6 Å². The Morgan fingerprint density at radius 2 is 1.96 bits per heavy atom. The molecule has 1 aromatic rings. The number of hydrogen-bond donors (Lipinski definition) is 2. The predicted molar refractivity (Wildman–Crippen MR) is 95.6 cm³/mol. The van der Waals surface area contributed by atoms with Crippen molar-refractivity contribution in [3.8, 4) is 0 Å². The number of carbonyl (C=O) groups excluding carboxylic acids is 2. The lowest BCUT2D eigenvalue weighted by molar-refractivity contribution is -0.116. The van der Waals surface area contributed by atoms with Crippen molar-refractivity contribution < 1.29 is 9.59 Å². The van der Waals surface area contributed by atoms with E-state index in [1.54, 1.807) is 18.2 Å². The van der Waals surface area contributed by atoms with Crippen molar-refractivity contribution in [2.24, 2.45) is 0 Å². The molecule has 0 unspecified atom stereocenters. The van der Waals surface area contributed by atoms with E-state index in [1.807, 2.05) is 11.9 Å². The Morgan fingerprint density at radius 1 is 1.26 bits per heavy atom. The third-order valence-electron chi connectivity index (χ3n) is 3.71. The van der Waals surface area contributed by atoms with Crippen molar-refractivity contribution in [2.75, 3.05) is 32.0 Å². The molecule has 0 radical (unpaired) electrons. The highest BCUT2D eigenvalue weighted by atomic mass is 35.5. The summed E-state index contributed by atoms with van der Waals surface area (Å²) in [4.78, 5) is 26.3. The first kappa shape index (κ1) is 19.7. The van der Waals surface area contributed by atoms with Gasteiger partial charge in [-0.2, -0.15) is 0 Å². The number of carbonyl (C=O) groups is 2. The summed E-state index contributed by atoms with van der Waals surface area (Å²) in [5.41, 5.74) is 1.01. The van der Waals surface area contributed by atoms with Crippen LogP contribution in [0.3, 0.4) is 0 Å². The van der Waals surface area contributed by atoms with E-state index in [0.717, 1.165) is 38.9 Å². The number of benzene rings is 1. The Balaban J connectivity index is 0.00000264. The monoisotopic (exact) mass is 359 g/mol. The molecule has 1 saturated heterocycles. The van der Waals surface area contributed by atoms with E-state index in [-0.39, 0.29) is 24.2 Å². The summed E-state index contributed by atoms with van der Waals surface area (Å²) in [5.74, 6) is -0.154. The van der Waals surface area contributed by atoms with E-state index in [1.165, 1.54) is 0 Å². The van der Waals surface area contributed by atoms with Crippen LogP contribution in [-0.2, 0) is 4.79 Å². The van der Waals surface area contributed by atoms with Crippen LogP contribution in [0.25, 0.3) is 0 Å². The molecule has 2 rings (SSSR count). The second-order valence-corrected chi connectivity index (χ2v) is 5.88. The first-order valence-corrected chi connectivity index (χ1v) is 8.03. The van der Waals surface area contributed by atoms with Crippen molar-refractivity contribution in [3.63, 3.8) is 0 Å². The van der Waals surface area contributed by atoms with E-state index in [2.05, 4.69) is 10.6 Å². The second kappa shape index (κ2) is 9.75. The zero-order valence-corrected chi connectivity index (χ0v) is 14.8. The summed E-state index contributed by atoms with van der Waals surface area (Å²) >= 11 is 6.01. The minimum absolute atomic E-state index is 0. The molecule has 1 aromatic carbocycles. The molecule has 0 aliphatic carbocycles. The molecular formula is C16H23Cl2N3O2. The first-order valence-electron chi connectivity index (χ1n) is 7.65. The largest absolute Gasteiger partial charge is 0.339 e. The zero-order valence-electron chi connectivity index (χ0n) is 13.2. The van der Waals surface area contributed by atoms with E-state index < -0.39 is 0 Å². The van der Waals surface area contributed by atoms with E-state index in [0.29, 0.717) is 22.7 Å². The lowest BCUT2D eigenvalue weighted by Gasteiger charge is -2.18. The topological polar surface area (TPSA) is 61.4 Å². The average Bonchev–Trinajstić information content (AvgIpc) is 3.03. The first-order chi connectivity index (χ1) is 10.6. The fourth-order valence-corrected chi connectivity index (χ4v) is 2.70. The molecule has 1 fully saturated rings. The van der Waals surface area contributed by atoms with Crippen LogP contribution in [0.4, 0.5) is 5.69 Å². The van der Waals surface area contributed by atoms with Crippen molar-refractivity contribution >= 4 is 41.5 Å². The van der Waals surface area contributed by atoms with Crippen LogP contribution in [0.15, 0.2) is 18.2 Å². The molecule has 0 spiro atoms. The number of likely N-dealkylation sites (tertiary alicyclic amines) is 1. The van der Waals surface area contributed by atoms with Gasteiger partial charge >= 0.3 is 0 Å². The quantitative estimate of drug-likeness (QED) is 0.767. The molecule has 2 amide bonds. The number of amides is 2. The van der Waals surface area contributed by atoms with Gasteiger partial charge in [0.1, 0.15) is 0 Å². The molecule has 7 heteroatoms. The molecular weight excluding hydrogens is 337 g/mol. The molecule has 5 nitrogen and oxygen atoms in total. The zero-order chi connectivity index (χ0) is 15.9. The average molecular weight is 360 g/mol. The predicted octanol–water partition coefficient (Wildman–Crippen LogP) is 2.94. The van der Waals surface area contributed by atoms with Gasteiger partial charge < -0.3 is 15.5 Å². The van der Waals surface area contributed by atoms with Crippen LogP contribution in [0.2, 0.25) is 5.02 Å². The highest BCUT2D eigenvalue weighted by molar-refractivity contribution is 6.31. The molecule has 1 aliphatic heterocycles. The Hall–Kier alpha value is -1.30. The summed E-state index contributed by atoms with van der Waals surface area (Å²) in [5, 5.41) is 6.33. The lowest BCUT2D eigenvalue weighted by Crippen LogP contribution is -2.29. The van der Waals surface area contributed by atoms with Gasteiger partial charge in [0.2, 0.25) is 5.91 Å². The van der Waals surface area contributed by atoms with Crippen molar-refractivity contribution in [1.82, 2.24) is 10.2 Å². The number of nitrogens with one attached hydrogen (secondary N) is 2. The minimum atomic E-state index is -0.0898. The number of halogens is 2. The number of hydrogen-bond acceptors (Lipinski definition) is 3. The van der Waals surface area contributed by atoms with Crippen LogP contribution in [0.5, 0.6) is 0 Å². The van der Waals surface area contributed by atoms with Gasteiger partial charge in [-0.25, -0.2) is 0 Å².